The fourth-order valence-electron chi connectivity index (χ4n) is 3.91. The van der Waals surface area contributed by atoms with Crippen LogP contribution >= 0.6 is 0 Å². The highest BCUT2D eigenvalue weighted by Gasteiger charge is 2.30. The zero-order valence-corrected chi connectivity index (χ0v) is 19.5. The van der Waals surface area contributed by atoms with Gasteiger partial charge < -0.3 is 34.1 Å². The Balaban J connectivity index is 1.56. The molecule has 0 saturated carbocycles. The van der Waals surface area contributed by atoms with Gasteiger partial charge in [0.25, 0.3) is 5.91 Å². The van der Waals surface area contributed by atoms with E-state index in [2.05, 4.69) is 20.3 Å². The van der Waals surface area contributed by atoms with E-state index in [1.807, 2.05) is 18.0 Å². The highest BCUT2D eigenvalue weighted by Crippen LogP contribution is 2.27. The highest BCUT2D eigenvalue weighted by atomic mass is 16.5. The number of ether oxygens (including phenoxy) is 2. The van der Waals surface area contributed by atoms with Crippen LogP contribution in [0.2, 0.25) is 0 Å². The monoisotopic (exact) mass is 469 g/mol. The highest BCUT2D eigenvalue weighted by molar-refractivity contribution is 6.05. The molecule has 2 amide bonds. The molecule has 3 aromatic heterocycles. The number of hydrogen-bond donors (Lipinski definition) is 2. The van der Waals surface area contributed by atoms with Gasteiger partial charge in [0.2, 0.25) is 11.8 Å². The number of aromatic nitrogens is 4. The van der Waals surface area contributed by atoms with Crippen LogP contribution in [0.15, 0.2) is 24.7 Å². The molecule has 0 bridgehead atoms. The van der Waals surface area contributed by atoms with Crippen LogP contribution in [0.3, 0.4) is 0 Å². The van der Waals surface area contributed by atoms with Gasteiger partial charge >= 0.3 is 6.09 Å². The average molecular weight is 470 g/mol. The van der Waals surface area contributed by atoms with Crippen molar-refractivity contribution >= 4 is 29.3 Å². The summed E-state index contributed by atoms with van der Waals surface area (Å²) in [6.07, 6.45) is 4.69. The summed E-state index contributed by atoms with van der Waals surface area (Å²) in [5.41, 5.74) is 2.17. The molecule has 34 heavy (non-hydrogen) atoms. The summed E-state index contributed by atoms with van der Waals surface area (Å²) in [6, 6.07) is 1.54. The molecular formula is C22H27N7O5. The number of amides is 2. The zero-order chi connectivity index (χ0) is 24.4. The van der Waals surface area contributed by atoms with Crippen molar-refractivity contribution in [2.45, 2.75) is 26.3 Å². The fraction of sp³-hybridized carbons (Fsp3) is 0.409. The minimum Gasteiger partial charge on any atom is -0.493 e. The molecule has 0 aromatic carbocycles. The first-order valence-electron chi connectivity index (χ1n) is 10.9. The third kappa shape index (κ3) is 4.51. The van der Waals surface area contributed by atoms with E-state index in [0.717, 1.165) is 5.69 Å². The van der Waals surface area contributed by atoms with E-state index in [4.69, 9.17) is 9.47 Å². The second-order valence-corrected chi connectivity index (χ2v) is 7.97. The fourth-order valence-corrected chi connectivity index (χ4v) is 3.91. The third-order valence-corrected chi connectivity index (χ3v) is 5.68. The lowest BCUT2D eigenvalue weighted by atomic mass is 10.2. The third-order valence-electron chi connectivity index (χ3n) is 5.68. The summed E-state index contributed by atoms with van der Waals surface area (Å²) >= 11 is 0. The minimum absolute atomic E-state index is 0.156. The summed E-state index contributed by atoms with van der Waals surface area (Å²) in [6.45, 7) is 5.06. The number of imidazole rings is 1. The molecule has 2 N–H and O–H groups in total. The SMILES string of the molecule is CCOc1nc(N2CCC(N(C)C(=O)O)C2)ncc1C(=O)Nc1cc(OC)c2nc(C)cn2c1. The summed E-state index contributed by atoms with van der Waals surface area (Å²) in [5.74, 6) is 0.639. The second kappa shape index (κ2) is 9.41. The van der Waals surface area contributed by atoms with E-state index in [1.165, 1.54) is 11.1 Å². The van der Waals surface area contributed by atoms with E-state index in [9.17, 15) is 14.7 Å². The van der Waals surface area contributed by atoms with Crippen molar-refractivity contribution in [2.24, 2.45) is 0 Å². The van der Waals surface area contributed by atoms with Crippen molar-refractivity contribution in [3.63, 3.8) is 0 Å². The minimum atomic E-state index is -0.976. The molecule has 4 rings (SSSR count). The molecule has 12 heteroatoms. The number of anilines is 2. The molecule has 4 heterocycles. The summed E-state index contributed by atoms with van der Waals surface area (Å²) < 4.78 is 12.8. The van der Waals surface area contributed by atoms with Crippen molar-refractivity contribution in [3.05, 3.63) is 35.9 Å². The Kier molecular flexibility index (Phi) is 6.39. The topological polar surface area (TPSA) is 134 Å². The van der Waals surface area contributed by atoms with Crippen LogP contribution in [0.5, 0.6) is 11.6 Å². The number of hydrogen-bond acceptors (Lipinski definition) is 8. The molecule has 3 aromatic rings. The number of aryl methyl sites for hydroxylation is 1. The molecule has 1 aliphatic heterocycles. The number of nitrogens with zero attached hydrogens (tertiary/aromatic N) is 6. The van der Waals surface area contributed by atoms with E-state index in [1.54, 1.807) is 37.7 Å². The zero-order valence-electron chi connectivity index (χ0n) is 19.5. The van der Waals surface area contributed by atoms with E-state index in [-0.39, 0.29) is 17.5 Å². The van der Waals surface area contributed by atoms with Gasteiger partial charge in [-0.3, -0.25) is 4.79 Å². The number of methoxy groups -OCH3 is 1. The van der Waals surface area contributed by atoms with Gasteiger partial charge in [0.1, 0.15) is 5.56 Å². The molecule has 12 nitrogen and oxygen atoms in total. The summed E-state index contributed by atoms with van der Waals surface area (Å²) in [4.78, 5) is 40.7. The molecule has 1 unspecified atom stereocenters. The smallest absolute Gasteiger partial charge is 0.407 e. The average Bonchev–Trinajstić information content (AvgIpc) is 3.44. The first-order valence-corrected chi connectivity index (χ1v) is 10.9. The maximum atomic E-state index is 13.1. The van der Waals surface area contributed by atoms with Crippen LogP contribution in [0, 0.1) is 6.92 Å². The van der Waals surface area contributed by atoms with E-state index in [0.29, 0.717) is 49.1 Å². The van der Waals surface area contributed by atoms with Gasteiger partial charge in [-0.2, -0.15) is 4.98 Å². The van der Waals surface area contributed by atoms with Crippen molar-refractivity contribution in [1.29, 1.82) is 0 Å². The Morgan fingerprint density at radius 1 is 1.32 bits per heavy atom. The predicted molar refractivity (Wildman–Crippen MR) is 124 cm³/mol. The number of likely N-dealkylation sites (N-methyl/N-ethyl adjacent to an activating group) is 1. The first kappa shape index (κ1) is 23.1. The van der Waals surface area contributed by atoms with Crippen molar-refractivity contribution in [2.75, 3.05) is 44.1 Å². The van der Waals surface area contributed by atoms with Gasteiger partial charge in [-0.1, -0.05) is 0 Å². The summed E-state index contributed by atoms with van der Waals surface area (Å²) in [7, 11) is 3.09. The number of nitrogens with one attached hydrogen (secondary N) is 1. The number of carbonyl (C=O) groups is 2. The molecule has 1 aliphatic rings. The Bertz CT molecular complexity index is 1230. The molecule has 0 spiro atoms. The van der Waals surface area contributed by atoms with Crippen molar-refractivity contribution in [3.8, 4) is 11.6 Å². The van der Waals surface area contributed by atoms with Gasteiger partial charge in [0.15, 0.2) is 11.4 Å². The van der Waals surface area contributed by atoms with Crippen LogP contribution in [-0.4, -0.2) is 81.3 Å². The standard InChI is InChI=1S/C22H27N7O5/c1-5-34-20-16(9-23-21(26-20)28-7-6-15(12-28)27(3)22(31)32)19(30)25-14-8-17(33-4)18-24-13(2)10-29(18)11-14/h8-11,15H,5-7,12H2,1-4H3,(H,25,30)(H,31,32). The largest absolute Gasteiger partial charge is 0.493 e. The first-order chi connectivity index (χ1) is 16.3. The molecule has 1 saturated heterocycles. The predicted octanol–water partition coefficient (Wildman–Crippen LogP) is 2.28. The van der Waals surface area contributed by atoms with Crippen molar-refractivity contribution < 1.29 is 24.2 Å². The maximum absolute atomic E-state index is 13.1. The van der Waals surface area contributed by atoms with Crippen LogP contribution in [0.1, 0.15) is 29.4 Å². The van der Waals surface area contributed by atoms with Gasteiger partial charge in [-0.25, -0.2) is 14.8 Å². The molecule has 180 valence electrons. The van der Waals surface area contributed by atoms with Crippen molar-refractivity contribution in [1.82, 2.24) is 24.3 Å². The molecule has 0 radical (unpaired) electrons. The lowest BCUT2D eigenvalue weighted by Gasteiger charge is -2.22. The van der Waals surface area contributed by atoms with Crippen LogP contribution in [0.4, 0.5) is 16.4 Å². The quantitative estimate of drug-likeness (QED) is 0.534. The number of carbonyl (C=O) groups excluding carboxylic acids is 1. The van der Waals surface area contributed by atoms with Gasteiger partial charge in [0.05, 0.1) is 31.1 Å². The Morgan fingerprint density at radius 3 is 2.82 bits per heavy atom. The normalized spacial score (nSPS) is 15.4. The Morgan fingerprint density at radius 2 is 2.12 bits per heavy atom. The number of rotatable bonds is 7. The second-order valence-electron chi connectivity index (χ2n) is 7.97. The molecule has 1 fully saturated rings. The van der Waals surface area contributed by atoms with Crippen LogP contribution in [0.25, 0.3) is 5.65 Å². The molecule has 1 atom stereocenters. The van der Waals surface area contributed by atoms with Gasteiger partial charge in [-0.15, -0.1) is 0 Å². The van der Waals surface area contributed by atoms with Crippen LogP contribution < -0.4 is 19.7 Å². The Hall–Kier alpha value is -4.09. The molecular weight excluding hydrogens is 442 g/mol. The summed E-state index contributed by atoms with van der Waals surface area (Å²) in [5, 5.41) is 12.1. The maximum Gasteiger partial charge on any atom is 0.407 e. The lowest BCUT2D eigenvalue weighted by molar-refractivity contribution is 0.102. The lowest BCUT2D eigenvalue weighted by Crippen LogP contribution is -2.38. The number of fused-ring (bicyclic) bond motifs is 1. The van der Waals surface area contributed by atoms with E-state index >= 15 is 0 Å². The Labute approximate surface area is 196 Å². The number of pyridine rings is 1. The van der Waals surface area contributed by atoms with E-state index < -0.39 is 12.0 Å². The van der Waals surface area contributed by atoms with Gasteiger partial charge in [0, 0.05) is 44.8 Å². The van der Waals surface area contributed by atoms with Gasteiger partial charge in [-0.05, 0) is 20.3 Å². The van der Waals surface area contributed by atoms with Crippen LogP contribution in [-0.2, 0) is 0 Å². The number of carboxylic acid groups (broad SMARTS) is 1. The molecule has 0 aliphatic carbocycles.